The largest absolute Gasteiger partial charge is 0.872 e. The van der Waals surface area contributed by atoms with Crippen LogP contribution in [0.1, 0.15) is 11.1 Å². The minimum atomic E-state index is -0.000154. The van der Waals surface area contributed by atoms with E-state index in [1.54, 1.807) is 24.4 Å². The molecule has 80 valence electrons. The van der Waals surface area contributed by atoms with Crippen LogP contribution in [0.2, 0.25) is 0 Å². The molecule has 2 heteroatoms. The maximum Gasteiger partial charge on any atom is 0.0659 e. The molecule has 2 aromatic rings. The standard InChI is InChI=1S/C14H13NO/c1-11-6-2-4-8-13(11)15-10-12-7-3-5-9-14(12)16/h2-10,16H,1H3/p-1. The summed E-state index contributed by atoms with van der Waals surface area (Å²) in [7, 11) is 0. The molecule has 0 fully saturated rings. The quantitative estimate of drug-likeness (QED) is 0.702. The van der Waals surface area contributed by atoms with Crippen molar-refractivity contribution >= 4 is 11.9 Å². The van der Waals surface area contributed by atoms with Crippen LogP contribution in [-0.2, 0) is 0 Å². The lowest BCUT2D eigenvalue weighted by molar-refractivity contribution is -0.268. The number of aryl methyl sites for hydroxylation is 1. The Kier molecular flexibility index (Phi) is 3.01. The third-order valence-electron chi connectivity index (χ3n) is 2.38. The van der Waals surface area contributed by atoms with E-state index in [9.17, 15) is 5.11 Å². The highest BCUT2D eigenvalue weighted by Crippen LogP contribution is 2.18. The van der Waals surface area contributed by atoms with Crippen molar-refractivity contribution in [3.05, 3.63) is 59.7 Å². The first-order chi connectivity index (χ1) is 7.77. The lowest BCUT2D eigenvalue weighted by Crippen LogP contribution is -1.94. The molecular formula is C14H12NO-. The molecule has 0 N–H and O–H groups in total. The zero-order chi connectivity index (χ0) is 11.4. The summed E-state index contributed by atoms with van der Waals surface area (Å²) in [4.78, 5) is 4.31. The lowest BCUT2D eigenvalue weighted by Gasteiger charge is -2.08. The smallest absolute Gasteiger partial charge is 0.0659 e. The van der Waals surface area contributed by atoms with Crippen molar-refractivity contribution in [1.29, 1.82) is 0 Å². The fourth-order valence-electron chi connectivity index (χ4n) is 1.43. The first-order valence-electron chi connectivity index (χ1n) is 5.13. The van der Waals surface area contributed by atoms with Gasteiger partial charge in [-0.05, 0) is 24.1 Å². The van der Waals surface area contributed by atoms with E-state index in [4.69, 9.17) is 0 Å². The Morgan fingerprint density at radius 1 is 1.00 bits per heavy atom. The summed E-state index contributed by atoms with van der Waals surface area (Å²) in [6, 6.07) is 14.7. The summed E-state index contributed by atoms with van der Waals surface area (Å²) >= 11 is 0. The molecule has 0 heterocycles. The topological polar surface area (TPSA) is 35.4 Å². The Bertz CT molecular complexity index is 470. The molecular weight excluding hydrogens is 198 g/mol. The van der Waals surface area contributed by atoms with Crippen molar-refractivity contribution in [3.63, 3.8) is 0 Å². The SMILES string of the molecule is Cc1ccccc1N=Cc1ccccc1[O-]. The third-order valence-corrected chi connectivity index (χ3v) is 2.38. The second kappa shape index (κ2) is 4.62. The van der Waals surface area contributed by atoms with E-state index in [1.807, 2.05) is 37.3 Å². The minimum absolute atomic E-state index is 0.000154. The number of aliphatic imine (C=N–C) groups is 1. The van der Waals surface area contributed by atoms with Gasteiger partial charge in [0.25, 0.3) is 0 Å². The predicted octanol–water partition coefficient (Wildman–Crippen LogP) is 2.82. The fourth-order valence-corrected chi connectivity index (χ4v) is 1.43. The summed E-state index contributed by atoms with van der Waals surface area (Å²) in [5.41, 5.74) is 2.61. The van der Waals surface area contributed by atoms with Crippen LogP contribution in [0.25, 0.3) is 0 Å². The summed E-state index contributed by atoms with van der Waals surface area (Å²) in [5, 5.41) is 11.4. The van der Waals surface area contributed by atoms with Crippen molar-refractivity contribution < 1.29 is 5.11 Å². The lowest BCUT2D eigenvalue weighted by atomic mass is 10.2. The molecule has 0 aliphatic heterocycles. The average Bonchev–Trinajstić information content (AvgIpc) is 2.30. The molecule has 0 aliphatic rings. The summed E-state index contributed by atoms with van der Waals surface area (Å²) < 4.78 is 0. The molecule has 0 saturated heterocycles. The molecule has 0 radical (unpaired) electrons. The highest BCUT2D eigenvalue weighted by atomic mass is 16.3. The Morgan fingerprint density at radius 3 is 2.44 bits per heavy atom. The monoisotopic (exact) mass is 210 g/mol. The van der Waals surface area contributed by atoms with Crippen LogP contribution >= 0.6 is 0 Å². The molecule has 0 saturated carbocycles. The van der Waals surface area contributed by atoms with E-state index in [-0.39, 0.29) is 5.75 Å². The zero-order valence-electron chi connectivity index (χ0n) is 9.05. The van der Waals surface area contributed by atoms with Gasteiger partial charge >= 0.3 is 0 Å². The first kappa shape index (κ1) is 10.4. The molecule has 2 rings (SSSR count). The molecule has 0 unspecified atom stereocenters. The first-order valence-corrected chi connectivity index (χ1v) is 5.13. The number of benzene rings is 2. The molecule has 0 aromatic heterocycles. The summed E-state index contributed by atoms with van der Waals surface area (Å²) in [5.74, 6) is -0.000154. The van der Waals surface area contributed by atoms with Gasteiger partial charge in [0.15, 0.2) is 0 Å². The van der Waals surface area contributed by atoms with Crippen molar-refractivity contribution in [2.24, 2.45) is 4.99 Å². The predicted molar refractivity (Wildman–Crippen MR) is 64.3 cm³/mol. The van der Waals surface area contributed by atoms with Crippen molar-refractivity contribution in [2.75, 3.05) is 0 Å². The molecule has 2 aromatic carbocycles. The van der Waals surface area contributed by atoms with Gasteiger partial charge in [0.2, 0.25) is 0 Å². The molecule has 0 spiro atoms. The Morgan fingerprint density at radius 2 is 1.69 bits per heavy atom. The zero-order valence-corrected chi connectivity index (χ0v) is 9.05. The van der Waals surface area contributed by atoms with E-state index >= 15 is 0 Å². The van der Waals surface area contributed by atoms with Crippen LogP contribution in [-0.4, -0.2) is 6.21 Å². The maximum atomic E-state index is 11.4. The normalized spacial score (nSPS) is 10.8. The minimum Gasteiger partial charge on any atom is -0.872 e. The number of nitrogens with zero attached hydrogens (tertiary/aromatic N) is 1. The van der Waals surface area contributed by atoms with Crippen LogP contribution in [0.15, 0.2) is 53.5 Å². The Hall–Kier alpha value is -2.09. The van der Waals surface area contributed by atoms with Gasteiger partial charge in [-0.25, -0.2) is 0 Å². The van der Waals surface area contributed by atoms with Gasteiger partial charge in [-0.2, -0.15) is 0 Å². The summed E-state index contributed by atoms with van der Waals surface area (Å²) in [6.45, 7) is 2.00. The van der Waals surface area contributed by atoms with Crippen molar-refractivity contribution in [3.8, 4) is 5.75 Å². The highest BCUT2D eigenvalue weighted by Gasteiger charge is 1.92. The van der Waals surface area contributed by atoms with Gasteiger partial charge in [0.05, 0.1) is 5.69 Å². The number of hydrogen-bond donors (Lipinski definition) is 0. The van der Waals surface area contributed by atoms with Crippen LogP contribution in [0, 0.1) is 6.92 Å². The van der Waals surface area contributed by atoms with E-state index in [0.717, 1.165) is 11.3 Å². The Balaban J connectivity index is 2.29. The molecule has 16 heavy (non-hydrogen) atoms. The molecule has 0 amide bonds. The summed E-state index contributed by atoms with van der Waals surface area (Å²) in [6.07, 6.45) is 1.62. The second-order valence-corrected chi connectivity index (χ2v) is 3.58. The van der Waals surface area contributed by atoms with Gasteiger partial charge < -0.3 is 5.11 Å². The van der Waals surface area contributed by atoms with E-state index in [1.165, 1.54) is 0 Å². The van der Waals surface area contributed by atoms with Crippen LogP contribution in [0.4, 0.5) is 5.69 Å². The van der Waals surface area contributed by atoms with Crippen molar-refractivity contribution in [1.82, 2.24) is 0 Å². The number of hydrogen-bond acceptors (Lipinski definition) is 2. The Labute approximate surface area is 94.9 Å². The molecule has 0 atom stereocenters. The molecule has 2 nitrogen and oxygen atoms in total. The van der Waals surface area contributed by atoms with Crippen LogP contribution in [0.3, 0.4) is 0 Å². The number of rotatable bonds is 2. The van der Waals surface area contributed by atoms with Crippen molar-refractivity contribution in [2.45, 2.75) is 6.92 Å². The second-order valence-electron chi connectivity index (χ2n) is 3.58. The molecule has 0 bridgehead atoms. The van der Waals surface area contributed by atoms with Gasteiger partial charge in [0.1, 0.15) is 0 Å². The van der Waals surface area contributed by atoms with Gasteiger partial charge in [-0.1, -0.05) is 42.5 Å². The van der Waals surface area contributed by atoms with E-state index < -0.39 is 0 Å². The van der Waals surface area contributed by atoms with Gasteiger partial charge in [-0.15, -0.1) is 5.75 Å². The third kappa shape index (κ3) is 2.28. The fraction of sp³-hybridized carbons (Fsp3) is 0.0714. The van der Waals surface area contributed by atoms with Gasteiger partial charge in [0, 0.05) is 6.21 Å². The van der Waals surface area contributed by atoms with Gasteiger partial charge in [-0.3, -0.25) is 4.99 Å². The van der Waals surface area contributed by atoms with Crippen LogP contribution in [0.5, 0.6) is 5.75 Å². The molecule has 0 aliphatic carbocycles. The van der Waals surface area contributed by atoms with Crippen LogP contribution < -0.4 is 5.11 Å². The van der Waals surface area contributed by atoms with E-state index in [2.05, 4.69) is 4.99 Å². The maximum absolute atomic E-state index is 11.4. The average molecular weight is 210 g/mol. The van der Waals surface area contributed by atoms with E-state index in [0.29, 0.717) is 5.56 Å². The highest BCUT2D eigenvalue weighted by molar-refractivity contribution is 5.85. The number of para-hydroxylation sites is 2.